The molecule has 22 heavy (non-hydrogen) atoms. The highest BCUT2D eigenvalue weighted by Gasteiger charge is 2.22. The number of hydrogen-bond donors (Lipinski definition) is 1. The molecule has 0 bridgehead atoms. The minimum Gasteiger partial charge on any atom is -0.344 e. The Balaban J connectivity index is 1.84. The van der Waals surface area contributed by atoms with Gasteiger partial charge in [-0.2, -0.15) is 0 Å². The van der Waals surface area contributed by atoms with E-state index in [2.05, 4.69) is 41.1 Å². The minimum atomic E-state index is 0.161. The lowest BCUT2D eigenvalue weighted by molar-refractivity contribution is 0.0735. The van der Waals surface area contributed by atoms with E-state index in [4.69, 9.17) is 0 Å². The molecule has 1 amide bonds. The van der Waals surface area contributed by atoms with E-state index in [9.17, 15) is 4.79 Å². The van der Waals surface area contributed by atoms with Crippen LogP contribution in [0.25, 0.3) is 0 Å². The van der Waals surface area contributed by atoms with Crippen LogP contribution in [0.5, 0.6) is 0 Å². The molecule has 0 spiro atoms. The molecule has 4 heteroatoms. The van der Waals surface area contributed by atoms with E-state index in [1.54, 1.807) is 0 Å². The van der Waals surface area contributed by atoms with E-state index >= 15 is 0 Å². The summed E-state index contributed by atoms with van der Waals surface area (Å²) in [6.07, 6.45) is 0. The zero-order valence-corrected chi connectivity index (χ0v) is 13.3. The molecule has 1 aliphatic rings. The number of carbonyl (C=O) groups is 1. The Hall–Kier alpha value is -2.07. The van der Waals surface area contributed by atoms with Crippen LogP contribution in [0.2, 0.25) is 0 Å². The van der Waals surface area contributed by atoms with Crippen LogP contribution in [0, 0.1) is 13.8 Å². The van der Waals surface area contributed by atoms with Gasteiger partial charge in [0.15, 0.2) is 0 Å². The number of amides is 1. The summed E-state index contributed by atoms with van der Waals surface area (Å²) in [5.41, 5.74) is 4.30. The fourth-order valence-corrected chi connectivity index (χ4v) is 3.07. The topological polar surface area (TPSA) is 37.3 Å². The molecule has 0 aliphatic carbocycles. The molecule has 1 aromatic carbocycles. The third-order valence-corrected chi connectivity index (χ3v) is 4.39. The lowest BCUT2D eigenvalue weighted by atomic mass is 10.2. The van der Waals surface area contributed by atoms with Gasteiger partial charge < -0.3 is 14.8 Å². The number of benzene rings is 1. The van der Waals surface area contributed by atoms with Gasteiger partial charge in [0.2, 0.25) is 0 Å². The summed E-state index contributed by atoms with van der Waals surface area (Å²) in [6.45, 7) is 8.29. The van der Waals surface area contributed by atoms with E-state index in [0.29, 0.717) is 0 Å². The van der Waals surface area contributed by atoms with Crippen LogP contribution in [0.1, 0.15) is 27.3 Å². The van der Waals surface area contributed by atoms with Crippen LogP contribution in [0.3, 0.4) is 0 Å². The second-order valence-corrected chi connectivity index (χ2v) is 5.90. The van der Waals surface area contributed by atoms with E-state index in [1.165, 1.54) is 5.56 Å². The number of nitrogens with one attached hydrogen (secondary N) is 1. The predicted molar refractivity (Wildman–Crippen MR) is 88.2 cm³/mol. The highest BCUT2D eigenvalue weighted by atomic mass is 16.2. The molecule has 1 saturated heterocycles. The molecule has 2 aromatic rings. The molecular formula is C18H23N3O. The maximum Gasteiger partial charge on any atom is 0.255 e. The van der Waals surface area contributed by atoms with Crippen molar-refractivity contribution in [3.05, 3.63) is 58.9 Å². The van der Waals surface area contributed by atoms with Crippen molar-refractivity contribution in [1.82, 2.24) is 14.8 Å². The first-order valence-electron chi connectivity index (χ1n) is 7.87. The smallest absolute Gasteiger partial charge is 0.255 e. The predicted octanol–water partition coefficient (Wildman–Crippen LogP) is 2.20. The maximum absolute atomic E-state index is 12.7. The molecule has 116 valence electrons. The normalized spacial score (nSPS) is 15.1. The molecule has 0 saturated carbocycles. The van der Waals surface area contributed by atoms with Gasteiger partial charge in [0.25, 0.3) is 5.91 Å². The van der Waals surface area contributed by atoms with Gasteiger partial charge >= 0.3 is 0 Å². The Labute approximate surface area is 131 Å². The molecule has 2 heterocycles. The molecule has 1 N–H and O–H groups in total. The van der Waals surface area contributed by atoms with Gasteiger partial charge in [0.05, 0.1) is 5.56 Å². The third-order valence-electron chi connectivity index (χ3n) is 4.39. The van der Waals surface area contributed by atoms with Crippen LogP contribution >= 0.6 is 0 Å². The zero-order valence-electron chi connectivity index (χ0n) is 13.3. The SMILES string of the molecule is Cc1cc(C(=O)N2CCNCC2)c(C)n1Cc1ccccc1. The van der Waals surface area contributed by atoms with Crippen LogP contribution in [0.4, 0.5) is 0 Å². The standard InChI is InChI=1S/C18H23N3O/c1-14-12-17(18(22)20-10-8-19-9-11-20)15(2)21(14)13-16-6-4-3-5-7-16/h3-7,12,19H,8-11,13H2,1-2H3. The molecule has 1 aliphatic heterocycles. The molecule has 3 rings (SSSR count). The number of hydrogen-bond acceptors (Lipinski definition) is 2. The number of piperazine rings is 1. The average Bonchev–Trinajstić information content (AvgIpc) is 2.84. The van der Waals surface area contributed by atoms with Crippen molar-refractivity contribution < 1.29 is 4.79 Å². The second-order valence-electron chi connectivity index (χ2n) is 5.90. The number of carbonyl (C=O) groups excluding carboxylic acids is 1. The van der Waals surface area contributed by atoms with Crippen LogP contribution < -0.4 is 5.32 Å². The van der Waals surface area contributed by atoms with Crippen molar-refractivity contribution in [3.8, 4) is 0 Å². The average molecular weight is 297 g/mol. The van der Waals surface area contributed by atoms with Crippen molar-refractivity contribution in [3.63, 3.8) is 0 Å². The fraction of sp³-hybridized carbons (Fsp3) is 0.389. The van der Waals surface area contributed by atoms with Crippen molar-refractivity contribution in [2.75, 3.05) is 26.2 Å². The summed E-state index contributed by atoms with van der Waals surface area (Å²) >= 11 is 0. The Morgan fingerprint density at radius 2 is 1.82 bits per heavy atom. The van der Waals surface area contributed by atoms with Gasteiger partial charge in [-0.1, -0.05) is 30.3 Å². The van der Waals surface area contributed by atoms with Gasteiger partial charge in [-0.25, -0.2) is 0 Å². The second kappa shape index (κ2) is 6.36. The molecule has 4 nitrogen and oxygen atoms in total. The molecular weight excluding hydrogens is 274 g/mol. The molecule has 0 radical (unpaired) electrons. The quantitative estimate of drug-likeness (QED) is 0.943. The summed E-state index contributed by atoms with van der Waals surface area (Å²) in [6, 6.07) is 12.4. The summed E-state index contributed by atoms with van der Waals surface area (Å²) in [7, 11) is 0. The van der Waals surface area contributed by atoms with Crippen molar-refractivity contribution in [2.24, 2.45) is 0 Å². The largest absolute Gasteiger partial charge is 0.344 e. The number of rotatable bonds is 3. The van der Waals surface area contributed by atoms with E-state index in [0.717, 1.165) is 49.7 Å². The van der Waals surface area contributed by atoms with Crippen LogP contribution in [-0.4, -0.2) is 41.6 Å². The lowest BCUT2D eigenvalue weighted by Gasteiger charge is -2.27. The van der Waals surface area contributed by atoms with E-state index in [1.807, 2.05) is 24.0 Å². The lowest BCUT2D eigenvalue weighted by Crippen LogP contribution is -2.46. The summed E-state index contributed by atoms with van der Waals surface area (Å²) in [4.78, 5) is 14.7. The van der Waals surface area contributed by atoms with E-state index < -0.39 is 0 Å². The van der Waals surface area contributed by atoms with Crippen molar-refractivity contribution >= 4 is 5.91 Å². The minimum absolute atomic E-state index is 0.161. The first-order valence-corrected chi connectivity index (χ1v) is 7.87. The highest BCUT2D eigenvalue weighted by Crippen LogP contribution is 2.19. The first kappa shape index (κ1) is 14.9. The Morgan fingerprint density at radius 3 is 2.50 bits per heavy atom. The van der Waals surface area contributed by atoms with Gasteiger partial charge in [-0.3, -0.25) is 4.79 Å². The molecule has 0 unspecified atom stereocenters. The number of nitrogens with zero attached hydrogens (tertiary/aromatic N) is 2. The summed E-state index contributed by atoms with van der Waals surface area (Å²) in [5, 5.41) is 3.29. The van der Waals surface area contributed by atoms with Crippen LogP contribution in [0.15, 0.2) is 36.4 Å². The van der Waals surface area contributed by atoms with Crippen LogP contribution in [-0.2, 0) is 6.54 Å². The Morgan fingerprint density at radius 1 is 1.14 bits per heavy atom. The van der Waals surface area contributed by atoms with E-state index in [-0.39, 0.29) is 5.91 Å². The summed E-state index contributed by atoms with van der Waals surface area (Å²) in [5.74, 6) is 0.161. The van der Waals surface area contributed by atoms with Gasteiger partial charge in [-0.15, -0.1) is 0 Å². The maximum atomic E-state index is 12.7. The van der Waals surface area contributed by atoms with Gasteiger partial charge in [0.1, 0.15) is 0 Å². The number of aryl methyl sites for hydroxylation is 1. The molecule has 0 atom stereocenters. The molecule has 1 aromatic heterocycles. The van der Waals surface area contributed by atoms with Crippen molar-refractivity contribution in [1.29, 1.82) is 0 Å². The monoisotopic (exact) mass is 297 g/mol. The third kappa shape index (κ3) is 2.92. The molecule has 1 fully saturated rings. The zero-order chi connectivity index (χ0) is 15.5. The Bertz CT molecular complexity index is 654. The highest BCUT2D eigenvalue weighted by molar-refractivity contribution is 5.95. The Kier molecular flexibility index (Phi) is 4.29. The van der Waals surface area contributed by atoms with Gasteiger partial charge in [-0.05, 0) is 25.5 Å². The fourth-order valence-electron chi connectivity index (χ4n) is 3.07. The van der Waals surface area contributed by atoms with Crippen molar-refractivity contribution in [2.45, 2.75) is 20.4 Å². The van der Waals surface area contributed by atoms with Gasteiger partial charge in [0, 0.05) is 44.1 Å². The first-order chi connectivity index (χ1) is 10.7. The summed E-state index contributed by atoms with van der Waals surface area (Å²) < 4.78 is 2.23. The number of aromatic nitrogens is 1.